The number of nitro groups is 1. The molecule has 7 nitrogen and oxygen atoms in total. The van der Waals surface area contributed by atoms with Gasteiger partial charge >= 0.3 is 0 Å². The summed E-state index contributed by atoms with van der Waals surface area (Å²) < 4.78 is 5.71. The second kappa shape index (κ2) is 10.8. The second-order valence-corrected chi connectivity index (χ2v) is 7.88. The van der Waals surface area contributed by atoms with Crippen molar-refractivity contribution in [2.75, 3.05) is 5.32 Å². The van der Waals surface area contributed by atoms with E-state index in [4.69, 9.17) is 39.5 Å². The fourth-order valence-electron chi connectivity index (χ4n) is 2.73. The molecule has 0 fully saturated rings. The number of anilines is 1. The van der Waals surface area contributed by atoms with Crippen molar-refractivity contribution in [2.45, 2.75) is 6.61 Å². The first-order valence-corrected chi connectivity index (χ1v) is 10.4. The van der Waals surface area contributed by atoms with Crippen LogP contribution in [0.25, 0.3) is 6.08 Å². The number of hydrogen-bond acceptors (Lipinski definition) is 5. The summed E-state index contributed by atoms with van der Waals surface area (Å²) in [5.41, 5.74) is 1.10. The van der Waals surface area contributed by atoms with E-state index >= 15 is 0 Å². The lowest BCUT2D eigenvalue weighted by molar-refractivity contribution is -0.384. The number of amides is 1. The number of nitrogens with zero attached hydrogens (tertiary/aromatic N) is 2. The van der Waals surface area contributed by atoms with E-state index in [1.807, 2.05) is 6.07 Å². The number of carbonyl (C=O) groups is 1. The Morgan fingerprint density at radius 1 is 1.06 bits per heavy atom. The molecule has 10 heteroatoms. The summed E-state index contributed by atoms with van der Waals surface area (Å²) in [4.78, 5) is 22.7. The molecule has 0 saturated carbocycles. The molecule has 0 heterocycles. The van der Waals surface area contributed by atoms with Crippen molar-refractivity contribution in [1.29, 1.82) is 5.26 Å². The Labute approximate surface area is 203 Å². The summed E-state index contributed by atoms with van der Waals surface area (Å²) in [6.45, 7) is 0.209. The first kappa shape index (κ1) is 24.1. The number of ether oxygens (including phenoxy) is 1. The zero-order valence-electron chi connectivity index (χ0n) is 16.7. The van der Waals surface area contributed by atoms with E-state index in [0.29, 0.717) is 21.4 Å². The molecule has 0 atom stereocenters. The lowest BCUT2D eigenvalue weighted by atomic mass is 10.1. The van der Waals surface area contributed by atoms with Crippen LogP contribution >= 0.6 is 34.8 Å². The lowest BCUT2D eigenvalue weighted by Gasteiger charge is -2.10. The molecule has 0 saturated heterocycles. The van der Waals surface area contributed by atoms with Crippen molar-refractivity contribution >= 4 is 58.2 Å². The van der Waals surface area contributed by atoms with E-state index in [9.17, 15) is 20.2 Å². The molecule has 3 rings (SSSR count). The van der Waals surface area contributed by atoms with Gasteiger partial charge in [0.2, 0.25) is 0 Å². The standard InChI is InChI=1S/C23H14Cl3N3O4/c24-19-6-4-15(10-20(19)25)13-33-22-7-5-14(9-21(22)26)8-16(12-27)23(30)28-17-2-1-3-18(11-17)29(31)32/h1-11H,13H2,(H,28,30)/b16-8+. The minimum absolute atomic E-state index is 0.182. The van der Waals surface area contributed by atoms with Crippen LogP contribution in [0.2, 0.25) is 15.1 Å². The number of nitriles is 1. The van der Waals surface area contributed by atoms with Crippen LogP contribution in [0.3, 0.4) is 0 Å². The molecule has 0 bridgehead atoms. The van der Waals surface area contributed by atoms with Crippen LogP contribution in [-0.2, 0) is 11.4 Å². The second-order valence-electron chi connectivity index (χ2n) is 6.66. The van der Waals surface area contributed by atoms with Crippen LogP contribution in [0.5, 0.6) is 5.75 Å². The van der Waals surface area contributed by atoms with E-state index in [0.717, 1.165) is 5.56 Å². The minimum Gasteiger partial charge on any atom is -0.487 e. The van der Waals surface area contributed by atoms with Gasteiger partial charge in [0.1, 0.15) is 24.0 Å². The van der Waals surface area contributed by atoms with Gasteiger partial charge in [0.15, 0.2) is 0 Å². The summed E-state index contributed by atoms with van der Waals surface area (Å²) in [7, 11) is 0. The number of benzene rings is 3. The van der Waals surface area contributed by atoms with E-state index in [1.165, 1.54) is 30.3 Å². The lowest BCUT2D eigenvalue weighted by Crippen LogP contribution is -2.13. The highest BCUT2D eigenvalue weighted by molar-refractivity contribution is 6.42. The van der Waals surface area contributed by atoms with Gasteiger partial charge in [-0.15, -0.1) is 0 Å². The van der Waals surface area contributed by atoms with Crippen LogP contribution < -0.4 is 10.1 Å². The maximum atomic E-state index is 12.4. The Balaban J connectivity index is 1.71. The monoisotopic (exact) mass is 501 g/mol. The van der Waals surface area contributed by atoms with Gasteiger partial charge in [-0.2, -0.15) is 5.26 Å². The first-order chi connectivity index (χ1) is 15.8. The van der Waals surface area contributed by atoms with Gasteiger partial charge in [0, 0.05) is 17.8 Å². The minimum atomic E-state index is -0.714. The fourth-order valence-corrected chi connectivity index (χ4v) is 3.29. The largest absolute Gasteiger partial charge is 0.487 e. The Kier molecular flexibility index (Phi) is 7.91. The summed E-state index contributed by atoms with van der Waals surface area (Å²) >= 11 is 18.2. The number of rotatable bonds is 7. The van der Waals surface area contributed by atoms with Gasteiger partial charge in [0.25, 0.3) is 11.6 Å². The molecule has 33 heavy (non-hydrogen) atoms. The number of nitrogens with one attached hydrogen (secondary N) is 1. The van der Waals surface area contributed by atoms with Crippen LogP contribution in [0, 0.1) is 21.4 Å². The van der Waals surface area contributed by atoms with Crippen LogP contribution in [-0.4, -0.2) is 10.8 Å². The molecule has 1 amide bonds. The first-order valence-electron chi connectivity index (χ1n) is 9.30. The number of hydrogen-bond donors (Lipinski definition) is 1. The fraction of sp³-hybridized carbons (Fsp3) is 0.0435. The normalized spacial score (nSPS) is 10.9. The van der Waals surface area contributed by atoms with Gasteiger partial charge in [-0.1, -0.05) is 53.0 Å². The van der Waals surface area contributed by atoms with Crippen molar-refractivity contribution in [1.82, 2.24) is 0 Å². The highest BCUT2D eigenvalue weighted by Gasteiger charge is 2.13. The Hall–Kier alpha value is -3.57. The Morgan fingerprint density at radius 2 is 1.85 bits per heavy atom. The zero-order chi connectivity index (χ0) is 24.0. The zero-order valence-corrected chi connectivity index (χ0v) is 19.0. The van der Waals surface area contributed by atoms with Gasteiger partial charge in [-0.05, 0) is 47.5 Å². The van der Waals surface area contributed by atoms with Crippen LogP contribution in [0.4, 0.5) is 11.4 Å². The molecule has 3 aromatic rings. The average Bonchev–Trinajstić information content (AvgIpc) is 2.79. The Morgan fingerprint density at radius 3 is 2.52 bits per heavy atom. The predicted octanol–water partition coefficient (Wildman–Crippen LogP) is 6.68. The number of carbonyl (C=O) groups excluding carboxylic acids is 1. The van der Waals surface area contributed by atoms with Crippen molar-refractivity contribution in [3.8, 4) is 11.8 Å². The summed E-state index contributed by atoms with van der Waals surface area (Å²) in [5.74, 6) is -0.312. The number of non-ortho nitro benzene ring substituents is 1. The van der Waals surface area contributed by atoms with Gasteiger partial charge < -0.3 is 10.1 Å². The van der Waals surface area contributed by atoms with Gasteiger partial charge in [-0.3, -0.25) is 14.9 Å². The summed E-state index contributed by atoms with van der Waals surface area (Å²) in [6.07, 6.45) is 1.35. The van der Waals surface area contributed by atoms with E-state index < -0.39 is 10.8 Å². The molecule has 0 aromatic heterocycles. The molecule has 0 aliphatic carbocycles. The Bertz CT molecular complexity index is 1300. The van der Waals surface area contributed by atoms with Crippen molar-refractivity contribution in [2.24, 2.45) is 0 Å². The smallest absolute Gasteiger partial charge is 0.271 e. The highest BCUT2D eigenvalue weighted by Crippen LogP contribution is 2.29. The summed E-state index contributed by atoms with van der Waals surface area (Å²) in [5, 5.41) is 23.9. The van der Waals surface area contributed by atoms with E-state index in [-0.39, 0.29) is 28.6 Å². The van der Waals surface area contributed by atoms with Crippen LogP contribution in [0.15, 0.2) is 66.2 Å². The predicted molar refractivity (Wildman–Crippen MR) is 128 cm³/mol. The quantitative estimate of drug-likeness (QED) is 0.168. The highest BCUT2D eigenvalue weighted by atomic mass is 35.5. The van der Waals surface area contributed by atoms with Crippen molar-refractivity contribution in [3.63, 3.8) is 0 Å². The molecule has 3 aromatic carbocycles. The maximum absolute atomic E-state index is 12.4. The third kappa shape index (κ3) is 6.46. The van der Waals surface area contributed by atoms with Gasteiger partial charge in [-0.25, -0.2) is 0 Å². The van der Waals surface area contributed by atoms with Gasteiger partial charge in [0.05, 0.1) is 20.0 Å². The topological polar surface area (TPSA) is 105 Å². The SMILES string of the molecule is N#C/C(=C\c1ccc(OCc2ccc(Cl)c(Cl)c2)c(Cl)c1)C(=O)Nc1cccc([N+](=O)[O-])c1. The van der Waals surface area contributed by atoms with Crippen LogP contribution in [0.1, 0.15) is 11.1 Å². The van der Waals surface area contributed by atoms with Crippen molar-refractivity contribution in [3.05, 3.63) is 103 Å². The summed E-state index contributed by atoms with van der Waals surface area (Å²) in [6, 6.07) is 17.1. The van der Waals surface area contributed by atoms with E-state index in [2.05, 4.69) is 5.32 Å². The molecular weight excluding hydrogens is 489 g/mol. The third-order valence-corrected chi connectivity index (χ3v) is 5.36. The number of nitro benzene ring substituents is 1. The molecule has 1 N–H and O–H groups in total. The molecule has 0 unspecified atom stereocenters. The molecule has 0 radical (unpaired) electrons. The number of halogens is 3. The van der Waals surface area contributed by atoms with E-state index in [1.54, 1.807) is 36.4 Å². The molecule has 0 aliphatic heterocycles. The van der Waals surface area contributed by atoms with Crippen molar-refractivity contribution < 1.29 is 14.5 Å². The molecule has 0 spiro atoms. The molecular formula is C23H14Cl3N3O4. The average molecular weight is 503 g/mol. The third-order valence-electron chi connectivity index (χ3n) is 4.33. The molecule has 0 aliphatic rings. The maximum Gasteiger partial charge on any atom is 0.271 e. The molecule has 166 valence electrons.